The number of hydrogen-bond donors (Lipinski definition) is 0. The number of aromatic nitrogens is 1. The summed E-state index contributed by atoms with van der Waals surface area (Å²) in [5.41, 5.74) is 3.94. The molecule has 0 fully saturated rings. The number of nitrogens with zero attached hydrogens (tertiary/aromatic N) is 1. The second-order valence-electron chi connectivity index (χ2n) is 4.74. The summed E-state index contributed by atoms with van der Waals surface area (Å²) in [6.07, 6.45) is 1.80. The molecular weight excluding hydrogens is 274 g/mol. The fraction of sp³-hybridized carbons (Fsp3) is 0.312. The predicted molar refractivity (Wildman–Crippen MR) is 80.8 cm³/mol. The zero-order chi connectivity index (χ0) is 14.7. The number of methoxy groups -OCH3 is 1. The lowest BCUT2D eigenvalue weighted by Crippen LogP contribution is -2.04. The number of hydrogen-bond acceptors (Lipinski definition) is 3. The second-order valence-corrected chi connectivity index (χ2v) is 5.18. The highest BCUT2D eigenvalue weighted by molar-refractivity contribution is 6.30. The van der Waals surface area contributed by atoms with Crippen LogP contribution in [0.5, 0.6) is 11.5 Å². The highest BCUT2D eigenvalue weighted by Crippen LogP contribution is 2.27. The Labute approximate surface area is 124 Å². The fourth-order valence-corrected chi connectivity index (χ4v) is 2.25. The maximum Gasteiger partial charge on any atom is 0.131 e. The second kappa shape index (κ2) is 6.14. The smallest absolute Gasteiger partial charge is 0.131 e. The maximum absolute atomic E-state index is 5.98. The fourth-order valence-electron chi connectivity index (χ4n) is 2.09. The van der Waals surface area contributed by atoms with Gasteiger partial charge in [-0.3, -0.25) is 4.98 Å². The molecule has 4 heteroatoms. The van der Waals surface area contributed by atoms with Gasteiger partial charge in [-0.2, -0.15) is 0 Å². The minimum absolute atomic E-state index is 0.393. The predicted octanol–water partition coefficient (Wildman–Crippen LogP) is 4.25. The number of rotatable bonds is 4. The average molecular weight is 292 g/mol. The first kappa shape index (κ1) is 14.7. The van der Waals surface area contributed by atoms with Gasteiger partial charge in [0.1, 0.15) is 18.1 Å². The SMILES string of the molecule is COc1c(C)cnc(COc2cc(Cl)ccc2C)c1C. The van der Waals surface area contributed by atoms with Crippen LogP contribution in [-0.2, 0) is 6.61 Å². The third-order valence-corrected chi connectivity index (χ3v) is 3.50. The van der Waals surface area contributed by atoms with Gasteiger partial charge in [-0.15, -0.1) is 0 Å². The third kappa shape index (κ3) is 3.05. The van der Waals surface area contributed by atoms with Crippen LogP contribution in [0, 0.1) is 20.8 Å². The van der Waals surface area contributed by atoms with Crippen molar-refractivity contribution in [3.63, 3.8) is 0 Å². The van der Waals surface area contributed by atoms with E-state index in [1.165, 1.54) is 0 Å². The van der Waals surface area contributed by atoms with E-state index in [0.717, 1.165) is 33.9 Å². The molecule has 0 atom stereocenters. The summed E-state index contributed by atoms with van der Waals surface area (Å²) in [7, 11) is 1.67. The summed E-state index contributed by atoms with van der Waals surface area (Å²) in [5, 5.41) is 0.664. The summed E-state index contributed by atoms with van der Waals surface area (Å²) in [5.74, 6) is 1.64. The van der Waals surface area contributed by atoms with Gasteiger partial charge >= 0.3 is 0 Å². The topological polar surface area (TPSA) is 31.4 Å². The molecule has 0 aliphatic carbocycles. The van der Waals surface area contributed by atoms with E-state index in [1.54, 1.807) is 13.3 Å². The Kier molecular flexibility index (Phi) is 4.50. The molecule has 0 spiro atoms. The van der Waals surface area contributed by atoms with Crippen LogP contribution in [0.2, 0.25) is 5.02 Å². The van der Waals surface area contributed by atoms with E-state index in [2.05, 4.69) is 4.98 Å². The summed E-state index contributed by atoms with van der Waals surface area (Å²) in [6, 6.07) is 5.60. The van der Waals surface area contributed by atoms with Gasteiger partial charge in [0, 0.05) is 22.3 Å². The van der Waals surface area contributed by atoms with E-state index in [1.807, 2.05) is 39.0 Å². The van der Waals surface area contributed by atoms with Crippen molar-refractivity contribution in [2.24, 2.45) is 0 Å². The number of ether oxygens (including phenoxy) is 2. The number of pyridine rings is 1. The maximum atomic E-state index is 5.98. The van der Waals surface area contributed by atoms with Crippen molar-refractivity contribution >= 4 is 11.6 Å². The van der Waals surface area contributed by atoms with Gasteiger partial charge in [0.25, 0.3) is 0 Å². The van der Waals surface area contributed by atoms with Crippen LogP contribution < -0.4 is 9.47 Å². The molecule has 106 valence electrons. The van der Waals surface area contributed by atoms with Crippen molar-refractivity contribution in [2.45, 2.75) is 27.4 Å². The molecule has 1 heterocycles. The van der Waals surface area contributed by atoms with Crippen LogP contribution in [0.1, 0.15) is 22.4 Å². The van der Waals surface area contributed by atoms with Gasteiger partial charge in [0.2, 0.25) is 0 Å². The van der Waals surface area contributed by atoms with Crippen LogP contribution >= 0.6 is 11.6 Å². The molecule has 0 saturated carbocycles. The Hall–Kier alpha value is -1.74. The summed E-state index contributed by atoms with van der Waals surface area (Å²) < 4.78 is 11.2. The minimum Gasteiger partial charge on any atom is -0.496 e. The van der Waals surface area contributed by atoms with Crippen LogP contribution in [0.25, 0.3) is 0 Å². The molecule has 1 aromatic carbocycles. The van der Waals surface area contributed by atoms with Crippen LogP contribution in [0.3, 0.4) is 0 Å². The molecule has 1 aromatic heterocycles. The lowest BCUT2D eigenvalue weighted by atomic mass is 10.1. The van der Waals surface area contributed by atoms with Gasteiger partial charge in [-0.1, -0.05) is 17.7 Å². The lowest BCUT2D eigenvalue weighted by Gasteiger charge is -2.14. The first-order chi connectivity index (χ1) is 9.52. The van der Waals surface area contributed by atoms with E-state index >= 15 is 0 Å². The van der Waals surface area contributed by atoms with E-state index in [-0.39, 0.29) is 0 Å². The molecule has 0 aliphatic heterocycles. The Bertz CT molecular complexity index is 626. The van der Waals surface area contributed by atoms with Crippen molar-refractivity contribution in [2.75, 3.05) is 7.11 Å². The zero-order valence-corrected chi connectivity index (χ0v) is 12.9. The summed E-state index contributed by atoms with van der Waals surface area (Å²) in [4.78, 5) is 4.42. The van der Waals surface area contributed by atoms with E-state index in [9.17, 15) is 0 Å². The van der Waals surface area contributed by atoms with Gasteiger partial charge < -0.3 is 9.47 Å². The monoisotopic (exact) mass is 291 g/mol. The van der Waals surface area contributed by atoms with Crippen LogP contribution in [0.15, 0.2) is 24.4 Å². The highest BCUT2D eigenvalue weighted by Gasteiger charge is 2.10. The van der Waals surface area contributed by atoms with Crippen molar-refractivity contribution in [1.29, 1.82) is 0 Å². The third-order valence-electron chi connectivity index (χ3n) is 3.26. The molecule has 3 nitrogen and oxygen atoms in total. The van der Waals surface area contributed by atoms with E-state index in [0.29, 0.717) is 11.6 Å². The normalized spacial score (nSPS) is 10.4. The Morgan fingerprint density at radius 2 is 1.90 bits per heavy atom. The van der Waals surface area contributed by atoms with E-state index in [4.69, 9.17) is 21.1 Å². The number of halogens is 1. The van der Waals surface area contributed by atoms with Gasteiger partial charge in [-0.05, 0) is 38.5 Å². The average Bonchev–Trinajstić information content (AvgIpc) is 2.42. The molecule has 0 radical (unpaired) electrons. The molecule has 2 rings (SSSR count). The molecule has 0 bridgehead atoms. The summed E-state index contributed by atoms with van der Waals surface area (Å²) >= 11 is 5.98. The molecule has 0 amide bonds. The Balaban J connectivity index is 2.21. The molecule has 0 aliphatic rings. The molecule has 0 unspecified atom stereocenters. The molecular formula is C16H18ClNO2. The molecule has 0 saturated heterocycles. The Morgan fingerprint density at radius 3 is 2.60 bits per heavy atom. The van der Waals surface area contributed by atoms with Crippen molar-refractivity contribution in [3.05, 3.63) is 51.8 Å². The lowest BCUT2D eigenvalue weighted by molar-refractivity contribution is 0.297. The van der Waals surface area contributed by atoms with Gasteiger partial charge in [0.15, 0.2) is 0 Å². The number of aryl methyl sites for hydroxylation is 2. The van der Waals surface area contributed by atoms with Gasteiger partial charge in [0.05, 0.1) is 12.8 Å². The standard InChI is InChI=1S/C16H18ClNO2/c1-10-5-6-13(17)7-15(10)20-9-14-12(3)16(19-4)11(2)8-18-14/h5-8H,9H2,1-4H3. The molecule has 20 heavy (non-hydrogen) atoms. The minimum atomic E-state index is 0.393. The van der Waals surface area contributed by atoms with E-state index < -0.39 is 0 Å². The zero-order valence-electron chi connectivity index (χ0n) is 12.2. The Morgan fingerprint density at radius 1 is 1.15 bits per heavy atom. The van der Waals surface area contributed by atoms with Crippen LogP contribution in [0.4, 0.5) is 0 Å². The quantitative estimate of drug-likeness (QED) is 0.844. The number of benzene rings is 1. The molecule has 0 N–H and O–H groups in total. The largest absolute Gasteiger partial charge is 0.496 e. The first-order valence-corrected chi connectivity index (χ1v) is 6.78. The van der Waals surface area contributed by atoms with Crippen molar-refractivity contribution in [1.82, 2.24) is 4.98 Å². The highest BCUT2D eigenvalue weighted by atomic mass is 35.5. The van der Waals surface area contributed by atoms with Crippen molar-refractivity contribution < 1.29 is 9.47 Å². The van der Waals surface area contributed by atoms with Crippen LogP contribution in [-0.4, -0.2) is 12.1 Å². The van der Waals surface area contributed by atoms with Gasteiger partial charge in [-0.25, -0.2) is 0 Å². The molecule has 2 aromatic rings. The summed E-state index contributed by atoms with van der Waals surface area (Å²) in [6.45, 7) is 6.35. The van der Waals surface area contributed by atoms with Crippen molar-refractivity contribution in [3.8, 4) is 11.5 Å². The first-order valence-electron chi connectivity index (χ1n) is 6.41.